The van der Waals surface area contributed by atoms with Gasteiger partial charge in [0.15, 0.2) is 0 Å². The number of fused-ring (bicyclic) bond motifs is 3. The highest BCUT2D eigenvalue weighted by Gasteiger charge is 2.58. The van der Waals surface area contributed by atoms with Crippen molar-refractivity contribution in [1.82, 2.24) is 4.90 Å². The van der Waals surface area contributed by atoms with Gasteiger partial charge in [0.25, 0.3) is 0 Å². The van der Waals surface area contributed by atoms with Crippen LogP contribution in [0.4, 0.5) is 10.5 Å². The van der Waals surface area contributed by atoms with Gasteiger partial charge >= 0.3 is 6.09 Å². The maximum atomic E-state index is 13.2. The Morgan fingerprint density at radius 3 is 2.53 bits per heavy atom. The summed E-state index contributed by atoms with van der Waals surface area (Å²) < 4.78 is 5.77. The minimum absolute atomic E-state index is 0.162. The molecule has 0 N–H and O–H groups in total. The lowest BCUT2D eigenvalue weighted by Gasteiger charge is -2.38. The molecule has 2 heterocycles. The van der Waals surface area contributed by atoms with E-state index in [4.69, 9.17) is 4.74 Å². The number of aldehydes is 1. The summed E-state index contributed by atoms with van der Waals surface area (Å²) in [6.45, 7) is 7.01. The predicted molar refractivity (Wildman–Crippen MR) is 117 cm³/mol. The highest BCUT2D eigenvalue weighted by Crippen LogP contribution is 2.55. The lowest BCUT2D eigenvalue weighted by molar-refractivity contribution is -0.108. The van der Waals surface area contributed by atoms with E-state index in [1.807, 2.05) is 49.9 Å². The lowest BCUT2D eigenvalue weighted by Crippen LogP contribution is -2.52. The SMILES string of the molecule is CC(C)(C)OC(=O)N1CC[C@@]2(CCC=O)c3ccccc3N(Cc3ccccc3)[C@@H]12. The zero-order valence-corrected chi connectivity index (χ0v) is 18.0. The first-order chi connectivity index (χ1) is 14.4. The summed E-state index contributed by atoms with van der Waals surface area (Å²) in [4.78, 5) is 28.7. The highest BCUT2D eigenvalue weighted by molar-refractivity contribution is 5.74. The maximum Gasteiger partial charge on any atom is 0.411 e. The van der Waals surface area contributed by atoms with Gasteiger partial charge in [-0.1, -0.05) is 48.5 Å². The number of amides is 1. The predicted octanol–water partition coefficient (Wildman–Crippen LogP) is 4.89. The highest BCUT2D eigenvalue weighted by atomic mass is 16.6. The molecule has 0 bridgehead atoms. The molecule has 30 heavy (non-hydrogen) atoms. The van der Waals surface area contributed by atoms with Crippen molar-refractivity contribution in [2.24, 2.45) is 0 Å². The first-order valence-electron chi connectivity index (χ1n) is 10.7. The Balaban J connectivity index is 1.77. The van der Waals surface area contributed by atoms with Crippen molar-refractivity contribution < 1.29 is 14.3 Å². The number of hydrogen-bond donors (Lipinski definition) is 0. The van der Waals surface area contributed by atoms with Crippen LogP contribution in [0.15, 0.2) is 54.6 Å². The van der Waals surface area contributed by atoms with Gasteiger partial charge in [-0.3, -0.25) is 4.90 Å². The van der Waals surface area contributed by atoms with Crippen LogP contribution in [0.3, 0.4) is 0 Å². The molecule has 0 aromatic heterocycles. The normalized spacial score (nSPS) is 22.6. The fourth-order valence-electron chi connectivity index (χ4n) is 5.06. The Hall–Kier alpha value is -2.82. The van der Waals surface area contributed by atoms with Gasteiger partial charge in [-0.25, -0.2) is 4.79 Å². The van der Waals surface area contributed by atoms with Crippen LogP contribution in [0.5, 0.6) is 0 Å². The molecule has 1 amide bonds. The van der Waals surface area contributed by atoms with E-state index in [9.17, 15) is 9.59 Å². The van der Waals surface area contributed by atoms with Crippen molar-refractivity contribution >= 4 is 18.1 Å². The second-order valence-corrected chi connectivity index (χ2v) is 9.29. The van der Waals surface area contributed by atoms with Gasteiger partial charge in [0.2, 0.25) is 0 Å². The molecule has 0 aliphatic carbocycles. The topological polar surface area (TPSA) is 49.9 Å². The summed E-state index contributed by atoms with van der Waals surface area (Å²) in [5.41, 5.74) is 2.75. The zero-order chi connectivity index (χ0) is 21.4. The monoisotopic (exact) mass is 406 g/mol. The van der Waals surface area contributed by atoms with Gasteiger partial charge in [-0.2, -0.15) is 0 Å². The van der Waals surface area contributed by atoms with Crippen molar-refractivity contribution in [3.05, 3.63) is 65.7 Å². The summed E-state index contributed by atoms with van der Waals surface area (Å²) in [6, 6.07) is 18.7. The van der Waals surface area contributed by atoms with E-state index >= 15 is 0 Å². The van der Waals surface area contributed by atoms with E-state index in [1.165, 1.54) is 11.1 Å². The molecule has 2 atom stereocenters. The largest absolute Gasteiger partial charge is 0.444 e. The molecule has 0 spiro atoms. The van der Waals surface area contributed by atoms with Crippen LogP contribution < -0.4 is 4.90 Å². The van der Waals surface area contributed by atoms with Crippen LogP contribution in [-0.2, 0) is 21.5 Å². The van der Waals surface area contributed by atoms with E-state index in [-0.39, 0.29) is 17.7 Å². The fraction of sp³-hybridized carbons (Fsp3) is 0.440. The average molecular weight is 407 g/mol. The Morgan fingerprint density at radius 2 is 1.83 bits per heavy atom. The van der Waals surface area contributed by atoms with Crippen molar-refractivity contribution in [2.45, 2.75) is 63.8 Å². The molecule has 2 aliphatic rings. The molecule has 0 unspecified atom stereocenters. The molecule has 5 nitrogen and oxygen atoms in total. The van der Waals surface area contributed by atoms with Gasteiger partial charge in [0.1, 0.15) is 18.1 Å². The third-order valence-corrected chi connectivity index (χ3v) is 6.17. The van der Waals surface area contributed by atoms with Crippen molar-refractivity contribution in [3.8, 4) is 0 Å². The standard InChI is InChI=1S/C25H30N2O3/c1-24(2,3)30-23(29)26-16-15-25(14-9-17-28)20-12-7-8-13-21(20)27(22(25)26)18-19-10-5-4-6-11-19/h4-8,10-13,17,22H,9,14-16,18H2,1-3H3/t22-,25+/m1/s1. The minimum Gasteiger partial charge on any atom is -0.444 e. The Labute approximate surface area is 178 Å². The number of para-hydroxylation sites is 1. The average Bonchev–Trinajstić information content (AvgIpc) is 3.21. The van der Waals surface area contributed by atoms with Crippen molar-refractivity contribution in [2.75, 3.05) is 11.4 Å². The number of nitrogens with zero attached hydrogens (tertiary/aromatic N) is 2. The minimum atomic E-state index is -0.555. The quantitative estimate of drug-likeness (QED) is 0.664. The van der Waals surface area contributed by atoms with E-state index in [2.05, 4.69) is 35.2 Å². The van der Waals surface area contributed by atoms with Gasteiger partial charge in [0, 0.05) is 30.6 Å². The number of hydrogen-bond acceptors (Lipinski definition) is 4. The Morgan fingerprint density at radius 1 is 1.13 bits per heavy atom. The van der Waals surface area contributed by atoms with Crippen LogP contribution in [0.2, 0.25) is 0 Å². The van der Waals surface area contributed by atoms with Crippen LogP contribution in [-0.4, -0.2) is 35.6 Å². The van der Waals surface area contributed by atoms with Crippen molar-refractivity contribution in [3.63, 3.8) is 0 Å². The number of likely N-dealkylation sites (tertiary alicyclic amines) is 1. The molecule has 158 valence electrons. The lowest BCUT2D eigenvalue weighted by atomic mass is 9.75. The van der Waals surface area contributed by atoms with Crippen LogP contribution in [0.1, 0.15) is 51.2 Å². The zero-order valence-electron chi connectivity index (χ0n) is 18.0. The molecule has 1 saturated heterocycles. The molecular weight excluding hydrogens is 376 g/mol. The van der Waals surface area contributed by atoms with Crippen LogP contribution in [0, 0.1) is 0 Å². The van der Waals surface area contributed by atoms with Gasteiger partial charge in [-0.15, -0.1) is 0 Å². The first-order valence-corrected chi connectivity index (χ1v) is 10.7. The van der Waals surface area contributed by atoms with Crippen LogP contribution >= 0.6 is 0 Å². The number of benzene rings is 2. The number of carbonyl (C=O) groups is 2. The van der Waals surface area contributed by atoms with Gasteiger partial charge < -0.3 is 14.4 Å². The fourth-order valence-corrected chi connectivity index (χ4v) is 5.06. The molecule has 2 aliphatic heterocycles. The molecule has 4 rings (SSSR count). The molecular formula is C25H30N2O3. The molecule has 0 saturated carbocycles. The number of anilines is 1. The first kappa shape index (κ1) is 20.5. The Bertz CT molecular complexity index is 921. The number of ether oxygens (including phenoxy) is 1. The summed E-state index contributed by atoms with van der Waals surface area (Å²) >= 11 is 0. The summed E-state index contributed by atoms with van der Waals surface area (Å²) in [5.74, 6) is 0. The summed E-state index contributed by atoms with van der Waals surface area (Å²) in [5, 5.41) is 0. The molecule has 1 fully saturated rings. The third-order valence-electron chi connectivity index (χ3n) is 6.17. The molecule has 0 radical (unpaired) electrons. The third kappa shape index (κ3) is 3.57. The van der Waals surface area contributed by atoms with E-state index in [0.29, 0.717) is 19.5 Å². The summed E-state index contributed by atoms with van der Waals surface area (Å²) in [6.07, 6.45) is 2.57. The van der Waals surface area contributed by atoms with Crippen LogP contribution in [0.25, 0.3) is 0 Å². The second-order valence-electron chi connectivity index (χ2n) is 9.29. The van der Waals surface area contributed by atoms with Gasteiger partial charge in [-0.05, 0) is 50.8 Å². The second kappa shape index (κ2) is 7.78. The van der Waals surface area contributed by atoms with Gasteiger partial charge in [0.05, 0.1) is 0 Å². The molecule has 2 aromatic carbocycles. The number of carbonyl (C=O) groups excluding carboxylic acids is 2. The smallest absolute Gasteiger partial charge is 0.411 e. The van der Waals surface area contributed by atoms with E-state index in [1.54, 1.807) is 0 Å². The van der Waals surface area contributed by atoms with Crippen molar-refractivity contribution in [1.29, 1.82) is 0 Å². The maximum absolute atomic E-state index is 13.2. The van der Waals surface area contributed by atoms with E-state index < -0.39 is 5.60 Å². The number of rotatable bonds is 5. The van der Waals surface area contributed by atoms with E-state index in [0.717, 1.165) is 24.8 Å². The molecule has 5 heteroatoms. The molecule has 2 aromatic rings. The Kier molecular flexibility index (Phi) is 5.31. The summed E-state index contributed by atoms with van der Waals surface area (Å²) in [7, 11) is 0.